The highest BCUT2D eigenvalue weighted by atomic mass is 32.2. The molecule has 0 bridgehead atoms. The molecule has 1 aliphatic rings. The van der Waals surface area contributed by atoms with Crippen LogP contribution in [0.3, 0.4) is 0 Å². The van der Waals surface area contributed by atoms with Gasteiger partial charge in [0, 0.05) is 13.0 Å². The summed E-state index contributed by atoms with van der Waals surface area (Å²) in [5.74, 6) is -0.915. The van der Waals surface area contributed by atoms with Gasteiger partial charge in [0.05, 0.1) is 11.0 Å². The van der Waals surface area contributed by atoms with Crippen LogP contribution in [0.15, 0.2) is 0 Å². The third kappa shape index (κ3) is 3.83. The van der Waals surface area contributed by atoms with Crippen LogP contribution >= 0.6 is 11.8 Å². The topological polar surface area (TPSA) is 83.6 Å². The first kappa shape index (κ1) is 14.7. The van der Waals surface area contributed by atoms with Crippen molar-refractivity contribution < 1.29 is 19.2 Å². The summed E-state index contributed by atoms with van der Waals surface area (Å²) in [4.78, 5) is 46.6. The number of amides is 3. The maximum atomic E-state index is 11.9. The van der Waals surface area contributed by atoms with Crippen molar-refractivity contribution in [1.82, 2.24) is 10.2 Å². The van der Waals surface area contributed by atoms with Gasteiger partial charge in [0.25, 0.3) is 0 Å². The van der Waals surface area contributed by atoms with E-state index in [1.165, 1.54) is 6.92 Å². The largest absolute Gasteiger partial charge is 0.355 e. The Bertz CT molecular complexity index is 383. The Morgan fingerprint density at radius 1 is 1.44 bits per heavy atom. The summed E-state index contributed by atoms with van der Waals surface area (Å²) < 4.78 is 0. The van der Waals surface area contributed by atoms with Gasteiger partial charge in [-0.2, -0.15) is 0 Å². The average Bonchev–Trinajstić information content (AvgIpc) is 2.54. The Hall–Kier alpha value is -1.37. The van der Waals surface area contributed by atoms with Crippen LogP contribution < -0.4 is 5.32 Å². The third-order valence-corrected chi connectivity index (χ3v) is 3.71. The summed E-state index contributed by atoms with van der Waals surface area (Å²) in [6.07, 6.45) is 0.0657. The summed E-state index contributed by atoms with van der Waals surface area (Å²) in [6, 6.07) is 0. The normalized spacial score (nSPS) is 19.2. The van der Waals surface area contributed by atoms with Crippen LogP contribution in [0.25, 0.3) is 0 Å². The molecule has 7 heteroatoms. The van der Waals surface area contributed by atoms with Crippen LogP contribution in [0, 0.1) is 0 Å². The van der Waals surface area contributed by atoms with E-state index in [4.69, 9.17) is 0 Å². The molecule has 3 amide bonds. The zero-order chi connectivity index (χ0) is 13.7. The molecule has 100 valence electrons. The summed E-state index contributed by atoms with van der Waals surface area (Å²) in [6.45, 7) is 3.41. The van der Waals surface area contributed by atoms with Crippen LogP contribution in [0.4, 0.5) is 0 Å². The van der Waals surface area contributed by atoms with Crippen LogP contribution in [0.5, 0.6) is 0 Å². The van der Waals surface area contributed by atoms with Crippen molar-refractivity contribution in [3.8, 4) is 0 Å². The zero-order valence-electron chi connectivity index (χ0n) is 10.4. The highest BCUT2D eigenvalue weighted by Crippen LogP contribution is 2.24. The Morgan fingerprint density at radius 3 is 2.67 bits per heavy atom. The minimum Gasteiger partial charge on any atom is -0.355 e. The maximum absolute atomic E-state index is 11.9. The lowest BCUT2D eigenvalue weighted by atomic mass is 10.4. The van der Waals surface area contributed by atoms with Crippen LogP contribution in [0.2, 0.25) is 0 Å². The van der Waals surface area contributed by atoms with Crippen molar-refractivity contribution in [1.29, 1.82) is 0 Å². The van der Waals surface area contributed by atoms with Crippen LogP contribution in [-0.4, -0.2) is 52.5 Å². The Balaban J connectivity index is 2.55. The standard InChI is InChI=1S/C11H16N2O4S/c1-3-12-9(15)5-13-10(16)4-8(11(13)17)18-6-7(2)14/h8H,3-6H2,1-2H3,(H,12,15). The number of nitrogens with zero attached hydrogens (tertiary/aromatic N) is 1. The molecule has 1 aliphatic heterocycles. The molecule has 0 aromatic heterocycles. The molecule has 1 fully saturated rings. The predicted molar refractivity (Wildman–Crippen MR) is 66.9 cm³/mol. The second-order valence-corrected chi connectivity index (χ2v) is 5.17. The van der Waals surface area contributed by atoms with E-state index in [-0.39, 0.29) is 42.2 Å². The first-order valence-corrected chi connectivity index (χ1v) is 6.72. The molecule has 6 nitrogen and oxygen atoms in total. The van der Waals surface area contributed by atoms with Crippen molar-refractivity contribution in [2.75, 3.05) is 18.8 Å². The summed E-state index contributed by atoms with van der Waals surface area (Å²) in [7, 11) is 0. The number of likely N-dealkylation sites (N-methyl/N-ethyl adjacent to an activating group) is 1. The van der Waals surface area contributed by atoms with Gasteiger partial charge in [-0.05, 0) is 13.8 Å². The number of carbonyl (C=O) groups excluding carboxylic acids is 4. The number of likely N-dealkylation sites (tertiary alicyclic amines) is 1. The SMILES string of the molecule is CCNC(=O)CN1C(=O)CC(SCC(C)=O)C1=O. The number of hydrogen-bond acceptors (Lipinski definition) is 5. The van der Waals surface area contributed by atoms with Crippen molar-refractivity contribution in [2.24, 2.45) is 0 Å². The van der Waals surface area contributed by atoms with Gasteiger partial charge in [-0.15, -0.1) is 11.8 Å². The van der Waals surface area contributed by atoms with E-state index in [1.807, 2.05) is 0 Å². The van der Waals surface area contributed by atoms with Gasteiger partial charge < -0.3 is 5.32 Å². The molecule has 18 heavy (non-hydrogen) atoms. The molecule has 1 rings (SSSR count). The second kappa shape index (κ2) is 6.53. The minimum atomic E-state index is -0.532. The highest BCUT2D eigenvalue weighted by molar-refractivity contribution is 8.01. The number of ketones is 1. The molecule has 0 aromatic carbocycles. The quantitative estimate of drug-likeness (QED) is 0.663. The van der Waals surface area contributed by atoms with E-state index in [0.29, 0.717) is 6.54 Å². The molecule has 1 unspecified atom stereocenters. The zero-order valence-corrected chi connectivity index (χ0v) is 11.2. The number of thioether (sulfide) groups is 1. The highest BCUT2D eigenvalue weighted by Gasteiger charge is 2.39. The Morgan fingerprint density at radius 2 is 2.11 bits per heavy atom. The fourth-order valence-electron chi connectivity index (χ4n) is 1.56. The lowest BCUT2D eigenvalue weighted by Crippen LogP contribution is -2.41. The fraction of sp³-hybridized carbons (Fsp3) is 0.636. The van der Waals surface area contributed by atoms with E-state index < -0.39 is 5.25 Å². The lowest BCUT2D eigenvalue weighted by molar-refractivity contribution is -0.142. The average molecular weight is 272 g/mol. The first-order valence-electron chi connectivity index (χ1n) is 5.67. The smallest absolute Gasteiger partial charge is 0.243 e. The molecule has 1 atom stereocenters. The Labute approximate surface area is 109 Å². The minimum absolute atomic E-state index is 0.0394. The summed E-state index contributed by atoms with van der Waals surface area (Å²) in [5, 5.41) is 2.00. The maximum Gasteiger partial charge on any atom is 0.243 e. The lowest BCUT2D eigenvalue weighted by Gasteiger charge is -2.13. The van der Waals surface area contributed by atoms with Crippen molar-refractivity contribution in [2.45, 2.75) is 25.5 Å². The molecule has 1 heterocycles. The number of nitrogens with one attached hydrogen (secondary N) is 1. The van der Waals surface area contributed by atoms with Crippen molar-refractivity contribution in [3.05, 3.63) is 0 Å². The number of imide groups is 1. The molecule has 0 saturated carbocycles. The summed E-state index contributed by atoms with van der Waals surface area (Å²) >= 11 is 1.15. The van der Waals surface area contributed by atoms with Gasteiger partial charge in [-0.3, -0.25) is 24.1 Å². The number of carbonyl (C=O) groups is 4. The number of hydrogen-bond donors (Lipinski definition) is 1. The molecule has 0 radical (unpaired) electrons. The van der Waals surface area contributed by atoms with E-state index in [9.17, 15) is 19.2 Å². The first-order chi connectivity index (χ1) is 8.45. The van der Waals surface area contributed by atoms with E-state index in [1.54, 1.807) is 6.92 Å². The summed E-state index contributed by atoms with van der Waals surface area (Å²) in [5.41, 5.74) is 0. The van der Waals surface area contributed by atoms with Gasteiger partial charge in [-0.1, -0.05) is 0 Å². The van der Waals surface area contributed by atoms with Crippen LogP contribution in [0.1, 0.15) is 20.3 Å². The number of Topliss-reactive ketones (excluding diaryl/α,β-unsaturated/α-hetero) is 1. The van der Waals surface area contributed by atoms with Gasteiger partial charge in [0.2, 0.25) is 17.7 Å². The predicted octanol–water partition coefficient (Wildman–Crippen LogP) is -0.428. The molecule has 0 aliphatic carbocycles. The molecule has 0 aromatic rings. The molecule has 1 N–H and O–H groups in total. The van der Waals surface area contributed by atoms with Gasteiger partial charge in [0.1, 0.15) is 12.3 Å². The van der Waals surface area contributed by atoms with Crippen LogP contribution in [-0.2, 0) is 19.2 Å². The Kier molecular flexibility index (Phi) is 5.33. The molecule has 1 saturated heterocycles. The van der Waals surface area contributed by atoms with E-state index in [2.05, 4.69) is 5.32 Å². The fourth-order valence-corrected chi connectivity index (χ4v) is 2.53. The van der Waals surface area contributed by atoms with Gasteiger partial charge >= 0.3 is 0 Å². The van der Waals surface area contributed by atoms with E-state index >= 15 is 0 Å². The van der Waals surface area contributed by atoms with Gasteiger partial charge in [0.15, 0.2) is 0 Å². The third-order valence-electron chi connectivity index (χ3n) is 2.37. The molecular formula is C11H16N2O4S. The number of rotatable bonds is 6. The van der Waals surface area contributed by atoms with Gasteiger partial charge in [-0.25, -0.2) is 0 Å². The van der Waals surface area contributed by atoms with Crippen molar-refractivity contribution >= 4 is 35.3 Å². The van der Waals surface area contributed by atoms with Crippen molar-refractivity contribution in [3.63, 3.8) is 0 Å². The second-order valence-electron chi connectivity index (χ2n) is 3.98. The molecular weight excluding hydrogens is 256 g/mol. The monoisotopic (exact) mass is 272 g/mol. The van der Waals surface area contributed by atoms with E-state index in [0.717, 1.165) is 16.7 Å². The molecule has 0 spiro atoms.